The minimum Gasteiger partial charge on any atom is -0.325 e. The molecule has 0 radical (unpaired) electrons. The number of hydrogen-bond donors (Lipinski definition) is 1. The molecule has 1 saturated carbocycles. The first-order valence-corrected chi connectivity index (χ1v) is 7.93. The molecule has 3 heteroatoms. The zero-order valence-electron chi connectivity index (χ0n) is 11.9. The van der Waals surface area contributed by atoms with Crippen molar-refractivity contribution in [2.75, 3.05) is 26.2 Å². The second kappa shape index (κ2) is 5.10. The van der Waals surface area contributed by atoms with Crippen molar-refractivity contribution in [2.24, 2.45) is 5.73 Å². The molecule has 2 atom stereocenters. The second-order valence-corrected chi connectivity index (χ2v) is 6.95. The monoisotopic (exact) mass is 251 g/mol. The molecule has 2 unspecified atom stereocenters. The van der Waals surface area contributed by atoms with Gasteiger partial charge in [0, 0.05) is 37.3 Å². The number of hydrogen-bond acceptors (Lipinski definition) is 3. The largest absolute Gasteiger partial charge is 0.325 e. The first kappa shape index (κ1) is 12.9. The van der Waals surface area contributed by atoms with Gasteiger partial charge < -0.3 is 5.73 Å². The Morgan fingerprint density at radius 2 is 2.00 bits per heavy atom. The van der Waals surface area contributed by atoms with E-state index in [4.69, 9.17) is 5.73 Å². The van der Waals surface area contributed by atoms with Crippen LogP contribution in [0.5, 0.6) is 0 Å². The molecular weight excluding hydrogens is 222 g/mol. The molecule has 2 aliphatic heterocycles. The lowest BCUT2D eigenvalue weighted by Gasteiger charge is -2.49. The van der Waals surface area contributed by atoms with Crippen molar-refractivity contribution in [3.05, 3.63) is 0 Å². The van der Waals surface area contributed by atoms with Gasteiger partial charge in [0.15, 0.2) is 0 Å². The van der Waals surface area contributed by atoms with Crippen molar-refractivity contribution in [2.45, 2.75) is 69.5 Å². The number of nitrogens with two attached hydrogens (primary N) is 1. The summed E-state index contributed by atoms with van der Waals surface area (Å²) in [6, 6.07) is 1.56. The Morgan fingerprint density at radius 3 is 2.72 bits per heavy atom. The second-order valence-electron chi connectivity index (χ2n) is 6.95. The van der Waals surface area contributed by atoms with Crippen LogP contribution in [0.4, 0.5) is 0 Å². The van der Waals surface area contributed by atoms with Gasteiger partial charge in [0.1, 0.15) is 0 Å². The van der Waals surface area contributed by atoms with Crippen molar-refractivity contribution in [3.8, 4) is 0 Å². The molecular formula is C15H29N3. The molecule has 2 saturated heterocycles. The zero-order valence-corrected chi connectivity index (χ0v) is 11.9. The Labute approximate surface area is 112 Å². The highest BCUT2D eigenvalue weighted by atomic mass is 15.3. The summed E-state index contributed by atoms with van der Waals surface area (Å²) in [5.41, 5.74) is 6.56. The lowest BCUT2D eigenvalue weighted by molar-refractivity contribution is 0.00933. The predicted octanol–water partition coefficient (Wildman–Crippen LogP) is 1.82. The smallest absolute Gasteiger partial charge is 0.0223 e. The third-order valence-electron chi connectivity index (χ3n) is 5.56. The molecule has 3 nitrogen and oxygen atoms in total. The molecule has 1 aliphatic carbocycles. The zero-order chi connectivity index (χ0) is 12.6. The van der Waals surface area contributed by atoms with E-state index in [1.54, 1.807) is 0 Å². The number of piperidine rings is 1. The number of nitrogens with zero attached hydrogens (tertiary/aromatic N) is 2. The summed E-state index contributed by atoms with van der Waals surface area (Å²) in [5.74, 6) is 0. The Morgan fingerprint density at radius 1 is 1.17 bits per heavy atom. The minimum atomic E-state index is 0.198. The fourth-order valence-electron chi connectivity index (χ4n) is 3.97. The predicted molar refractivity (Wildman–Crippen MR) is 75.6 cm³/mol. The van der Waals surface area contributed by atoms with Gasteiger partial charge in [0.25, 0.3) is 0 Å². The molecule has 0 spiro atoms. The van der Waals surface area contributed by atoms with E-state index >= 15 is 0 Å². The number of rotatable bonds is 3. The molecule has 0 aromatic carbocycles. The van der Waals surface area contributed by atoms with Crippen LogP contribution in [0, 0.1) is 0 Å². The third-order valence-corrected chi connectivity index (χ3v) is 5.56. The Kier molecular flexibility index (Phi) is 3.65. The summed E-state index contributed by atoms with van der Waals surface area (Å²) in [7, 11) is 0. The van der Waals surface area contributed by atoms with Gasteiger partial charge in [-0.3, -0.25) is 9.80 Å². The van der Waals surface area contributed by atoms with Gasteiger partial charge in [-0.25, -0.2) is 0 Å². The molecule has 3 fully saturated rings. The topological polar surface area (TPSA) is 32.5 Å². The van der Waals surface area contributed by atoms with Crippen molar-refractivity contribution in [3.63, 3.8) is 0 Å². The molecule has 18 heavy (non-hydrogen) atoms. The van der Waals surface area contributed by atoms with Crippen molar-refractivity contribution < 1.29 is 0 Å². The van der Waals surface area contributed by atoms with E-state index in [1.165, 1.54) is 71.1 Å². The summed E-state index contributed by atoms with van der Waals surface area (Å²) >= 11 is 0. The normalized spacial score (nSPS) is 37.0. The van der Waals surface area contributed by atoms with Gasteiger partial charge in [-0.05, 0) is 52.0 Å². The van der Waals surface area contributed by atoms with Crippen LogP contribution in [0.1, 0.15) is 51.9 Å². The molecule has 0 aromatic rings. The molecule has 0 bridgehead atoms. The molecule has 104 valence electrons. The Hall–Kier alpha value is -0.120. The van der Waals surface area contributed by atoms with Crippen LogP contribution in [0.25, 0.3) is 0 Å². The number of piperazine rings is 1. The van der Waals surface area contributed by atoms with Gasteiger partial charge in [-0.2, -0.15) is 0 Å². The summed E-state index contributed by atoms with van der Waals surface area (Å²) in [6.45, 7) is 7.53. The van der Waals surface area contributed by atoms with Crippen molar-refractivity contribution >= 4 is 0 Å². The van der Waals surface area contributed by atoms with Gasteiger partial charge in [-0.1, -0.05) is 6.42 Å². The fraction of sp³-hybridized carbons (Fsp3) is 1.00. The van der Waals surface area contributed by atoms with Crippen LogP contribution in [0.15, 0.2) is 0 Å². The fourth-order valence-corrected chi connectivity index (χ4v) is 3.97. The van der Waals surface area contributed by atoms with Gasteiger partial charge >= 0.3 is 0 Å². The highest BCUT2D eigenvalue weighted by molar-refractivity contribution is 4.95. The third kappa shape index (κ3) is 2.59. The lowest BCUT2D eigenvalue weighted by Crippen LogP contribution is -2.59. The van der Waals surface area contributed by atoms with Crippen LogP contribution < -0.4 is 5.73 Å². The SMILES string of the molecule is CC1CN2CCCCC2CN1CCC1(N)CCC1. The van der Waals surface area contributed by atoms with Gasteiger partial charge in [-0.15, -0.1) is 0 Å². The summed E-state index contributed by atoms with van der Waals surface area (Å²) in [4.78, 5) is 5.44. The van der Waals surface area contributed by atoms with E-state index in [2.05, 4.69) is 16.7 Å². The maximum atomic E-state index is 6.36. The molecule has 3 rings (SSSR count). The van der Waals surface area contributed by atoms with Crippen molar-refractivity contribution in [1.29, 1.82) is 0 Å². The Balaban J connectivity index is 1.52. The first-order valence-electron chi connectivity index (χ1n) is 7.93. The Bertz CT molecular complexity index is 287. The molecule has 0 aromatic heterocycles. The minimum absolute atomic E-state index is 0.198. The number of fused-ring (bicyclic) bond motifs is 1. The van der Waals surface area contributed by atoms with E-state index in [1.807, 2.05) is 0 Å². The molecule has 2 N–H and O–H groups in total. The van der Waals surface area contributed by atoms with Crippen LogP contribution in [-0.2, 0) is 0 Å². The molecule has 3 aliphatic rings. The maximum Gasteiger partial charge on any atom is 0.0223 e. The van der Waals surface area contributed by atoms with E-state index < -0.39 is 0 Å². The van der Waals surface area contributed by atoms with Crippen LogP contribution in [-0.4, -0.2) is 53.6 Å². The lowest BCUT2D eigenvalue weighted by atomic mass is 9.75. The first-order chi connectivity index (χ1) is 8.66. The van der Waals surface area contributed by atoms with E-state index in [0.717, 1.165) is 12.1 Å². The molecule has 0 amide bonds. The summed E-state index contributed by atoms with van der Waals surface area (Å²) < 4.78 is 0. The average molecular weight is 251 g/mol. The highest BCUT2D eigenvalue weighted by Crippen LogP contribution is 2.33. The summed E-state index contributed by atoms with van der Waals surface area (Å²) in [6.07, 6.45) is 9.33. The maximum absolute atomic E-state index is 6.36. The van der Waals surface area contributed by atoms with Gasteiger partial charge in [0.2, 0.25) is 0 Å². The molecule has 2 heterocycles. The van der Waals surface area contributed by atoms with Crippen LogP contribution in [0.3, 0.4) is 0 Å². The van der Waals surface area contributed by atoms with E-state index in [-0.39, 0.29) is 5.54 Å². The van der Waals surface area contributed by atoms with Crippen molar-refractivity contribution in [1.82, 2.24) is 9.80 Å². The van der Waals surface area contributed by atoms with E-state index in [9.17, 15) is 0 Å². The van der Waals surface area contributed by atoms with Crippen LogP contribution in [0.2, 0.25) is 0 Å². The van der Waals surface area contributed by atoms with Gasteiger partial charge in [0.05, 0.1) is 0 Å². The summed E-state index contributed by atoms with van der Waals surface area (Å²) in [5, 5.41) is 0. The van der Waals surface area contributed by atoms with E-state index in [0.29, 0.717) is 0 Å². The van der Waals surface area contributed by atoms with Crippen LogP contribution >= 0.6 is 0 Å². The highest BCUT2D eigenvalue weighted by Gasteiger charge is 2.36. The quantitative estimate of drug-likeness (QED) is 0.830. The average Bonchev–Trinajstić information content (AvgIpc) is 2.34. The standard InChI is InChI=1S/C15H29N3/c1-13-11-18-9-3-2-5-14(18)12-17(13)10-8-15(16)6-4-7-15/h13-14H,2-12,16H2,1H3.